The molecule has 0 amide bonds. The van der Waals surface area contributed by atoms with E-state index in [-0.39, 0.29) is 5.41 Å². The maximum atomic E-state index is 2.59. The molecular weight excluding hydrogens is 723 g/mol. The molecule has 0 fully saturated rings. The Labute approximate surface area is 327 Å². The van der Waals surface area contributed by atoms with E-state index < -0.39 is 13.3 Å². The van der Waals surface area contributed by atoms with Crippen molar-refractivity contribution in [2.75, 3.05) is 4.90 Å². The van der Waals surface area contributed by atoms with E-state index in [1.807, 2.05) is 0 Å². The molecule has 2 heteroatoms. The molecule has 2 heterocycles. The fraction of sp³-hybridized carbons (Fsp3) is 0.0943. The molecule has 262 valence electrons. The minimum atomic E-state index is -3.38. The van der Waals surface area contributed by atoms with Gasteiger partial charge >= 0.3 is 329 Å². The van der Waals surface area contributed by atoms with Gasteiger partial charge in [-0.2, -0.15) is 0 Å². The molecular formula is C53H41GeN. The number of anilines is 3. The predicted molar refractivity (Wildman–Crippen MR) is 235 cm³/mol. The summed E-state index contributed by atoms with van der Waals surface area (Å²) in [5.74, 6) is 0. The number of rotatable bonds is 4. The Bertz CT molecular complexity index is 2830. The molecule has 1 aliphatic carbocycles. The first-order valence-electron chi connectivity index (χ1n) is 19.5. The van der Waals surface area contributed by atoms with E-state index in [1.54, 1.807) is 13.2 Å². The molecule has 0 aromatic heterocycles. The van der Waals surface area contributed by atoms with E-state index in [1.165, 1.54) is 88.2 Å². The Balaban J connectivity index is 1.16. The third-order valence-electron chi connectivity index (χ3n) is 13.0. The Morgan fingerprint density at radius 3 is 1.36 bits per heavy atom. The number of fused-ring (bicyclic) bond motifs is 13. The molecule has 3 aliphatic rings. The van der Waals surface area contributed by atoms with Crippen molar-refractivity contribution in [2.24, 2.45) is 0 Å². The van der Waals surface area contributed by atoms with Gasteiger partial charge in [0.2, 0.25) is 0 Å². The maximum absolute atomic E-state index is 3.38. The van der Waals surface area contributed by atoms with Crippen LogP contribution < -0.4 is 22.5 Å². The summed E-state index contributed by atoms with van der Waals surface area (Å²) in [4.78, 5) is 2.53. The standard InChI is InChI=1S/C53H41GeN/c1-34-15-5-6-16-39(34)40-28-25-36(31-35(40)2)55(37-26-29-42-41-17-7-11-21-47(41)53(3,4)48(42)32-37)38-27-30-46-45-20-10-14-24-51(45)54(52(46)33-38)49-22-12-8-18-43(49)44-19-9-13-23-50(44)54/h5-33H,1-4H3. The third-order valence-corrected chi connectivity index (χ3v) is 23.4. The number of hydrogen-bond acceptors (Lipinski definition) is 1. The van der Waals surface area contributed by atoms with Gasteiger partial charge in [-0.1, -0.05) is 0 Å². The molecule has 1 nitrogen and oxygen atoms in total. The topological polar surface area (TPSA) is 3.24 Å². The van der Waals surface area contributed by atoms with Crippen LogP contribution >= 0.6 is 0 Å². The zero-order valence-electron chi connectivity index (χ0n) is 31.7. The van der Waals surface area contributed by atoms with Crippen molar-refractivity contribution in [1.82, 2.24) is 0 Å². The summed E-state index contributed by atoms with van der Waals surface area (Å²) in [5.41, 5.74) is 19.7. The second kappa shape index (κ2) is 11.8. The molecule has 8 aromatic carbocycles. The van der Waals surface area contributed by atoms with E-state index in [2.05, 4.69) is 209 Å². The van der Waals surface area contributed by atoms with Gasteiger partial charge in [0.25, 0.3) is 0 Å². The van der Waals surface area contributed by atoms with Crippen LogP contribution in [-0.4, -0.2) is 13.3 Å². The van der Waals surface area contributed by atoms with Crippen molar-refractivity contribution >= 4 is 47.9 Å². The number of aryl methyl sites for hydroxylation is 2. The van der Waals surface area contributed by atoms with Crippen LogP contribution in [0.25, 0.3) is 44.5 Å². The van der Waals surface area contributed by atoms with E-state index in [4.69, 9.17) is 0 Å². The van der Waals surface area contributed by atoms with Gasteiger partial charge in [0.15, 0.2) is 0 Å². The van der Waals surface area contributed by atoms with Gasteiger partial charge in [-0.3, -0.25) is 0 Å². The van der Waals surface area contributed by atoms with Crippen LogP contribution in [0.4, 0.5) is 17.1 Å². The average molecular weight is 765 g/mol. The number of nitrogens with zero attached hydrogens (tertiary/aromatic N) is 1. The van der Waals surface area contributed by atoms with E-state index in [0.717, 1.165) is 0 Å². The normalized spacial score (nSPS) is 14.5. The summed E-state index contributed by atoms with van der Waals surface area (Å²) < 4.78 is 6.18. The van der Waals surface area contributed by atoms with Crippen LogP contribution in [0.2, 0.25) is 0 Å². The van der Waals surface area contributed by atoms with Crippen LogP contribution in [0.15, 0.2) is 176 Å². The predicted octanol–water partition coefficient (Wildman–Crippen LogP) is 11.1. The van der Waals surface area contributed by atoms with Crippen molar-refractivity contribution in [3.05, 3.63) is 198 Å². The summed E-state index contributed by atoms with van der Waals surface area (Å²) in [6.45, 7) is 9.24. The fourth-order valence-corrected chi connectivity index (χ4v) is 22.3. The van der Waals surface area contributed by atoms with E-state index >= 15 is 0 Å². The van der Waals surface area contributed by atoms with Crippen LogP contribution in [0.3, 0.4) is 0 Å². The van der Waals surface area contributed by atoms with Crippen molar-refractivity contribution in [3.8, 4) is 44.5 Å². The van der Waals surface area contributed by atoms with Gasteiger partial charge in [-0.15, -0.1) is 0 Å². The monoisotopic (exact) mass is 765 g/mol. The molecule has 2 aliphatic heterocycles. The molecule has 0 radical (unpaired) electrons. The summed E-state index contributed by atoms with van der Waals surface area (Å²) in [7, 11) is 0. The van der Waals surface area contributed by atoms with E-state index in [0.29, 0.717) is 0 Å². The quantitative estimate of drug-likeness (QED) is 0.161. The molecule has 0 bridgehead atoms. The van der Waals surface area contributed by atoms with Gasteiger partial charge in [0.05, 0.1) is 0 Å². The summed E-state index contributed by atoms with van der Waals surface area (Å²) in [5, 5.41) is 0. The van der Waals surface area contributed by atoms with Crippen molar-refractivity contribution < 1.29 is 0 Å². The Morgan fingerprint density at radius 2 is 0.764 bits per heavy atom. The minimum absolute atomic E-state index is 0.103. The van der Waals surface area contributed by atoms with Crippen LogP contribution in [0.5, 0.6) is 0 Å². The first-order valence-corrected chi connectivity index (χ1v) is 23.7. The molecule has 0 saturated carbocycles. The zero-order valence-corrected chi connectivity index (χ0v) is 33.8. The Morgan fingerprint density at radius 1 is 0.345 bits per heavy atom. The number of hydrogen-bond donors (Lipinski definition) is 0. The van der Waals surface area contributed by atoms with Gasteiger partial charge < -0.3 is 0 Å². The first kappa shape index (κ1) is 32.5. The SMILES string of the molecule is Cc1ccccc1-c1ccc(N(c2ccc3c(c2)C(C)(C)c2ccccc2-3)c2ccc3[c](c2)[Ge]2([c]4ccccc4-c4cccc[c]42)[c]2ccccc2-3)cc1C. The molecule has 1 spiro atoms. The summed E-state index contributed by atoms with van der Waals surface area (Å²) in [6.07, 6.45) is 0. The van der Waals surface area contributed by atoms with Crippen LogP contribution in [0.1, 0.15) is 36.1 Å². The molecule has 8 aromatic rings. The first-order chi connectivity index (χ1) is 26.9. The van der Waals surface area contributed by atoms with Gasteiger partial charge in [0, 0.05) is 0 Å². The average Bonchev–Trinajstić information content (AvgIpc) is 3.77. The summed E-state index contributed by atoms with van der Waals surface area (Å²) in [6, 6.07) is 67.2. The van der Waals surface area contributed by atoms with Crippen LogP contribution in [0, 0.1) is 13.8 Å². The molecule has 0 saturated heterocycles. The molecule has 0 atom stereocenters. The van der Waals surface area contributed by atoms with Crippen LogP contribution in [-0.2, 0) is 5.41 Å². The zero-order chi connectivity index (χ0) is 37.1. The van der Waals surface area contributed by atoms with Crippen molar-refractivity contribution in [1.29, 1.82) is 0 Å². The molecule has 55 heavy (non-hydrogen) atoms. The van der Waals surface area contributed by atoms with E-state index in [9.17, 15) is 0 Å². The fourth-order valence-electron chi connectivity index (χ4n) is 10.5. The molecule has 0 N–H and O–H groups in total. The Kier molecular flexibility index (Phi) is 6.98. The van der Waals surface area contributed by atoms with Gasteiger partial charge in [-0.05, 0) is 0 Å². The van der Waals surface area contributed by atoms with Gasteiger partial charge in [0.1, 0.15) is 0 Å². The third kappa shape index (κ3) is 4.42. The van der Waals surface area contributed by atoms with Crippen molar-refractivity contribution in [3.63, 3.8) is 0 Å². The second-order valence-electron chi connectivity index (χ2n) is 16.2. The van der Waals surface area contributed by atoms with Crippen molar-refractivity contribution in [2.45, 2.75) is 33.1 Å². The molecule has 0 unspecified atom stereocenters. The summed E-state index contributed by atoms with van der Waals surface area (Å²) >= 11 is -3.38. The van der Waals surface area contributed by atoms with Gasteiger partial charge in [-0.25, -0.2) is 0 Å². The second-order valence-corrected chi connectivity index (χ2v) is 23.8. The molecule has 11 rings (SSSR count). The Hall–Kier alpha value is -5.90. The number of benzene rings is 8.